The Bertz CT molecular complexity index is 1240. The van der Waals surface area contributed by atoms with E-state index in [0.717, 1.165) is 5.56 Å². The minimum Gasteiger partial charge on any atom is -0.476 e. The minimum absolute atomic E-state index is 0.135. The van der Waals surface area contributed by atoms with Crippen LogP contribution in [-0.2, 0) is 4.79 Å². The largest absolute Gasteiger partial charge is 0.476 e. The van der Waals surface area contributed by atoms with Gasteiger partial charge >= 0.3 is 11.5 Å². The van der Waals surface area contributed by atoms with Gasteiger partial charge in [-0.1, -0.05) is 71.8 Å². The molecular formula is C22H14Cl2N2O4S. The van der Waals surface area contributed by atoms with Gasteiger partial charge < -0.3 is 5.11 Å². The zero-order valence-electron chi connectivity index (χ0n) is 15.8. The lowest BCUT2D eigenvalue weighted by Crippen LogP contribution is -2.48. The van der Waals surface area contributed by atoms with Gasteiger partial charge in [0.15, 0.2) is 0 Å². The van der Waals surface area contributed by atoms with Crippen LogP contribution in [0.2, 0.25) is 10.0 Å². The molecule has 1 aliphatic carbocycles. The molecule has 156 valence electrons. The molecule has 1 heterocycles. The second-order valence-electron chi connectivity index (χ2n) is 6.90. The van der Waals surface area contributed by atoms with Crippen LogP contribution in [0.1, 0.15) is 17.0 Å². The first-order valence-electron chi connectivity index (χ1n) is 9.09. The molecule has 0 fully saturated rings. The SMILES string of the molecule is O=C(O)C1([N+](=O)[O-])CC(c2nc(-c3ccc(Cl)c(Cl)c3)cs2)=CC=C1c1ccccc1. The Balaban J connectivity index is 1.78. The van der Waals surface area contributed by atoms with Gasteiger partial charge in [-0.05, 0) is 23.3 Å². The van der Waals surface area contributed by atoms with E-state index in [9.17, 15) is 20.0 Å². The summed E-state index contributed by atoms with van der Waals surface area (Å²) in [6, 6.07) is 13.6. The van der Waals surface area contributed by atoms with E-state index >= 15 is 0 Å². The summed E-state index contributed by atoms with van der Waals surface area (Å²) in [4.78, 5) is 28.1. The Hall–Kier alpha value is -3.00. The highest BCUT2D eigenvalue weighted by Crippen LogP contribution is 2.43. The van der Waals surface area contributed by atoms with Gasteiger partial charge in [-0.3, -0.25) is 10.1 Å². The number of nitrogens with zero attached hydrogens (tertiary/aromatic N) is 2. The predicted molar refractivity (Wildman–Crippen MR) is 122 cm³/mol. The Morgan fingerprint density at radius 2 is 1.84 bits per heavy atom. The summed E-state index contributed by atoms with van der Waals surface area (Å²) >= 11 is 13.3. The number of halogens is 2. The molecule has 0 saturated heterocycles. The van der Waals surface area contributed by atoms with Gasteiger partial charge in [0, 0.05) is 21.4 Å². The van der Waals surface area contributed by atoms with Crippen molar-refractivity contribution in [3.05, 3.63) is 96.8 Å². The number of nitro groups is 1. The van der Waals surface area contributed by atoms with Crippen LogP contribution in [0.15, 0.2) is 66.1 Å². The first-order chi connectivity index (χ1) is 14.8. The Labute approximate surface area is 191 Å². The number of carboxylic acids is 1. The van der Waals surface area contributed by atoms with Crippen LogP contribution in [0.4, 0.5) is 0 Å². The topological polar surface area (TPSA) is 93.3 Å². The van der Waals surface area contributed by atoms with Gasteiger partial charge in [0.25, 0.3) is 0 Å². The second kappa shape index (κ2) is 8.26. The minimum atomic E-state index is -2.30. The van der Waals surface area contributed by atoms with E-state index in [-0.39, 0.29) is 12.0 Å². The number of carbonyl (C=O) groups is 1. The lowest BCUT2D eigenvalue weighted by Gasteiger charge is -2.27. The van der Waals surface area contributed by atoms with Crippen molar-refractivity contribution in [2.75, 3.05) is 0 Å². The van der Waals surface area contributed by atoms with Gasteiger partial charge in [-0.15, -0.1) is 11.3 Å². The highest BCUT2D eigenvalue weighted by molar-refractivity contribution is 7.11. The summed E-state index contributed by atoms with van der Waals surface area (Å²) in [7, 11) is 0. The van der Waals surface area contributed by atoms with Crippen molar-refractivity contribution in [2.24, 2.45) is 0 Å². The normalized spacial score (nSPS) is 18.3. The van der Waals surface area contributed by atoms with Gasteiger partial charge in [-0.25, -0.2) is 9.78 Å². The van der Waals surface area contributed by atoms with Crippen molar-refractivity contribution in [2.45, 2.75) is 12.0 Å². The number of hydrogen-bond acceptors (Lipinski definition) is 5. The third-order valence-electron chi connectivity index (χ3n) is 5.09. The lowest BCUT2D eigenvalue weighted by atomic mass is 9.77. The first-order valence-corrected chi connectivity index (χ1v) is 10.7. The molecule has 3 aromatic rings. The molecule has 0 spiro atoms. The molecule has 1 aliphatic rings. The quantitative estimate of drug-likeness (QED) is 0.358. The zero-order chi connectivity index (χ0) is 22.2. The van der Waals surface area contributed by atoms with E-state index in [2.05, 4.69) is 4.98 Å². The molecule has 0 radical (unpaired) electrons. The predicted octanol–water partition coefficient (Wildman–Crippen LogP) is 6.09. The molecule has 1 aromatic heterocycles. The average molecular weight is 473 g/mol. The second-order valence-corrected chi connectivity index (χ2v) is 8.58. The molecule has 1 N–H and O–H groups in total. The highest BCUT2D eigenvalue weighted by atomic mass is 35.5. The molecule has 4 rings (SSSR count). The maximum Gasteiger partial charge on any atom is 0.387 e. The Kier molecular flexibility index (Phi) is 5.66. The van der Waals surface area contributed by atoms with Crippen molar-refractivity contribution in [3.63, 3.8) is 0 Å². The molecule has 1 unspecified atom stereocenters. The summed E-state index contributed by atoms with van der Waals surface area (Å²) in [5, 5.41) is 25.1. The van der Waals surface area contributed by atoms with Crippen LogP contribution in [0, 0.1) is 10.1 Å². The Morgan fingerprint density at radius 3 is 2.48 bits per heavy atom. The number of rotatable bonds is 5. The van der Waals surface area contributed by atoms with Crippen molar-refractivity contribution in [3.8, 4) is 11.3 Å². The van der Waals surface area contributed by atoms with E-state index in [0.29, 0.717) is 31.9 Å². The highest BCUT2D eigenvalue weighted by Gasteiger charge is 2.57. The van der Waals surface area contributed by atoms with Gasteiger partial charge in [0.1, 0.15) is 5.01 Å². The van der Waals surface area contributed by atoms with E-state index in [1.165, 1.54) is 17.4 Å². The zero-order valence-corrected chi connectivity index (χ0v) is 18.1. The third-order valence-corrected chi connectivity index (χ3v) is 6.74. The van der Waals surface area contributed by atoms with Crippen molar-refractivity contribution >= 4 is 51.7 Å². The smallest absolute Gasteiger partial charge is 0.387 e. The van der Waals surface area contributed by atoms with Gasteiger partial charge in [0.2, 0.25) is 0 Å². The standard InChI is InChI=1S/C22H14Cl2N2O4S/c23-17-9-7-14(10-18(17)24)19-12-31-20(25-19)15-6-8-16(13-4-2-1-3-5-13)22(11-15,21(27)28)26(29)30/h1-10,12H,11H2,(H,27,28). The molecule has 0 bridgehead atoms. The maximum absolute atomic E-state index is 12.2. The lowest BCUT2D eigenvalue weighted by molar-refractivity contribution is -0.535. The average Bonchev–Trinajstić information content (AvgIpc) is 3.26. The number of carboxylic acid groups (broad SMARTS) is 1. The van der Waals surface area contributed by atoms with Crippen LogP contribution >= 0.6 is 34.5 Å². The fraction of sp³-hybridized carbons (Fsp3) is 0.0909. The summed E-state index contributed by atoms with van der Waals surface area (Å²) < 4.78 is 0. The Morgan fingerprint density at radius 1 is 1.10 bits per heavy atom. The van der Waals surface area contributed by atoms with Crippen LogP contribution < -0.4 is 0 Å². The molecule has 0 aliphatic heterocycles. The molecule has 0 amide bonds. The van der Waals surface area contributed by atoms with Crippen molar-refractivity contribution in [1.82, 2.24) is 4.98 Å². The van der Waals surface area contributed by atoms with Crippen LogP contribution in [0.5, 0.6) is 0 Å². The molecule has 9 heteroatoms. The third kappa shape index (κ3) is 3.76. The number of allylic oxidation sites excluding steroid dienone is 2. The summed E-state index contributed by atoms with van der Waals surface area (Å²) in [5.41, 5.74) is 0.172. The molecule has 31 heavy (non-hydrogen) atoms. The number of hydrogen-bond donors (Lipinski definition) is 1. The number of aliphatic carboxylic acids is 1. The number of benzene rings is 2. The number of aromatic nitrogens is 1. The first kappa shape index (κ1) is 21.2. The van der Waals surface area contributed by atoms with E-state index < -0.39 is 16.4 Å². The monoisotopic (exact) mass is 472 g/mol. The molecule has 1 atom stereocenters. The van der Waals surface area contributed by atoms with Crippen molar-refractivity contribution in [1.29, 1.82) is 0 Å². The van der Waals surface area contributed by atoms with E-state index in [1.807, 2.05) is 0 Å². The maximum atomic E-state index is 12.2. The molecule has 6 nitrogen and oxygen atoms in total. The van der Waals surface area contributed by atoms with Gasteiger partial charge in [-0.2, -0.15) is 0 Å². The van der Waals surface area contributed by atoms with Gasteiger partial charge in [0.05, 0.1) is 22.2 Å². The summed E-state index contributed by atoms with van der Waals surface area (Å²) in [6.07, 6.45) is 2.89. The van der Waals surface area contributed by atoms with E-state index in [1.54, 1.807) is 60.0 Å². The summed E-state index contributed by atoms with van der Waals surface area (Å²) in [6.45, 7) is 0. The van der Waals surface area contributed by atoms with Crippen molar-refractivity contribution < 1.29 is 14.8 Å². The number of thiazole rings is 1. The van der Waals surface area contributed by atoms with Crippen LogP contribution in [0.25, 0.3) is 22.4 Å². The molecule has 2 aromatic carbocycles. The van der Waals surface area contributed by atoms with Crippen LogP contribution in [-0.4, -0.2) is 26.5 Å². The van der Waals surface area contributed by atoms with E-state index in [4.69, 9.17) is 23.2 Å². The van der Waals surface area contributed by atoms with Crippen LogP contribution in [0.3, 0.4) is 0 Å². The fourth-order valence-electron chi connectivity index (χ4n) is 3.49. The fourth-order valence-corrected chi connectivity index (χ4v) is 4.65. The summed E-state index contributed by atoms with van der Waals surface area (Å²) in [5.74, 6) is -1.51. The molecular weight excluding hydrogens is 459 g/mol. The molecule has 0 saturated carbocycles.